The Morgan fingerprint density at radius 3 is 3.17 bits per heavy atom. The molecule has 2 heterocycles. The second kappa shape index (κ2) is 2.54. The fourth-order valence-electron chi connectivity index (χ4n) is 1.14. The molecule has 0 N–H and O–H groups in total. The highest BCUT2D eigenvalue weighted by Crippen LogP contribution is 2.14. The van der Waals surface area contributed by atoms with Crippen LogP contribution >= 0.6 is 12.2 Å². The summed E-state index contributed by atoms with van der Waals surface area (Å²) >= 11 is 4.93. The smallest absolute Gasteiger partial charge is 0.134 e. The first-order valence-electron chi connectivity index (χ1n) is 3.48. The molecule has 0 fully saturated rings. The highest BCUT2D eigenvalue weighted by atomic mass is 32.1. The van der Waals surface area contributed by atoms with Crippen LogP contribution in [-0.4, -0.2) is 22.3 Å². The zero-order valence-electron chi connectivity index (χ0n) is 6.19. The maximum absolute atomic E-state index is 8.61. The molecular weight excluding hydrogens is 170 g/mol. The SMILES string of the molecule is N#CC1=CN2CC(=S)N=C2C=C1. The van der Waals surface area contributed by atoms with Crippen molar-refractivity contribution in [1.29, 1.82) is 5.26 Å². The molecule has 0 bridgehead atoms. The van der Waals surface area contributed by atoms with Crippen molar-refractivity contribution < 1.29 is 0 Å². The lowest BCUT2D eigenvalue weighted by Gasteiger charge is -2.15. The molecule has 0 unspecified atom stereocenters. The average Bonchev–Trinajstić information content (AvgIpc) is 2.43. The largest absolute Gasteiger partial charge is 0.325 e. The molecule has 0 saturated heterocycles. The summed E-state index contributed by atoms with van der Waals surface area (Å²) in [5.41, 5.74) is 0.638. The number of rotatable bonds is 0. The van der Waals surface area contributed by atoms with Crippen LogP contribution in [0.4, 0.5) is 0 Å². The van der Waals surface area contributed by atoms with E-state index in [0.29, 0.717) is 17.1 Å². The maximum atomic E-state index is 8.61. The van der Waals surface area contributed by atoms with E-state index >= 15 is 0 Å². The maximum Gasteiger partial charge on any atom is 0.134 e. The van der Waals surface area contributed by atoms with Gasteiger partial charge in [-0.15, -0.1) is 0 Å². The van der Waals surface area contributed by atoms with Gasteiger partial charge in [-0.05, 0) is 12.2 Å². The van der Waals surface area contributed by atoms with Crippen LogP contribution < -0.4 is 0 Å². The van der Waals surface area contributed by atoms with Gasteiger partial charge in [0.05, 0.1) is 12.1 Å². The van der Waals surface area contributed by atoms with Crippen LogP contribution in [0.5, 0.6) is 0 Å². The number of aliphatic imine (C=N–C) groups is 1. The van der Waals surface area contributed by atoms with E-state index in [4.69, 9.17) is 17.5 Å². The lowest BCUT2D eigenvalue weighted by atomic mass is 10.2. The van der Waals surface area contributed by atoms with Gasteiger partial charge >= 0.3 is 0 Å². The van der Waals surface area contributed by atoms with Gasteiger partial charge in [-0.25, -0.2) is 4.99 Å². The highest BCUT2D eigenvalue weighted by Gasteiger charge is 2.19. The van der Waals surface area contributed by atoms with Gasteiger partial charge in [0.25, 0.3) is 0 Å². The molecule has 0 aromatic rings. The molecule has 0 spiro atoms. The molecule has 2 rings (SSSR count). The van der Waals surface area contributed by atoms with Crippen molar-refractivity contribution >= 4 is 23.0 Å². The van der Waals surface area contributed by atoms with Crippen LogP contribution in [-0.2, 0) is 0 Å². The molecule has 3 nitrogen and oxygen atoms in total. The van der Waals surface area contributed by atoms with Crippen molar-refractivity contribution in [3.63, 3.8) is 0 Å². The first-order valence-corrected chi connectivity index (χ1v) is 3.88. The van der Waals surface area contributed by atoms with Gasteiger partial charge < -0.3 is 4.90 Å². The van der Waals surface area contributed by atoms with Gasteiger partial charge in [0.1, 0.15) is 16.9 Å². The minimum atomic E-state index is 0.625. The summed E-state index contributed by atoms with van der Waals surface area (Å²) in [7, 11) is 0. The van der Waals surface area contributed by atoms with Crippen LogP contribution in [0.2, 0.25) is 0 Å². The summed E-state index contributed by atoms with van der Waals surface area (Å²) in [6.45, 7) is 0.625. The summed E-state index contributed by atoms with van der Waals surface area (Å²) in [5, 5.41) is 8.61. The number of allylic oxidation sites excluding steroid dienone is 2. The minimum Gasteiger partial charge on any atom is -0.325 e. The van der Waals surface area contributed by atoms with E-state index in [1.807, 2.05) is 4.90 Å². The van der Waals surface area contributed by atoms with E-state index in [0.717, 1.165) is 5.84 Å². The van der Waals surface area contributed by atoms with E-state index in [1.165, 1.54) is 0 Å². The van der Waals surface area contributed by atoms with Crippen LogP contribution in [0.25, 0.3) is 0 Å². The van der Waals surface area contributed by atoms with Crippen LogP contribution in [0.15, 0.2) is 28.9 Å². The Kier molecular flexibility index (Phi) is 1.52. The van der Waals surface area contributed by atoms with E-state index in [1.54, 1.807) is 18.4 Å². The normalized spacial score (nSPS) is 19.9. The van der Waals surface area contributed by atoms with Crippen molar-refractivity contribution in [2.45, 2.75) is 0 Å². The molecule has 4 heteroatoms. The monoisotopic (exact) mass is 175 g/mol. The summed E-state index contributed by atoms with van der Waals surface area (Å²) in [6.07, 6.45) is 5.30. The zero-order chi connectivity index (χ0) is 8.55. The van der Waals surface area contributed by atoms with Crippen LogP contribution in [0.1, 0.15) is 0 Å². The Morgan fingerprint density at radius 2 is 2.42 bits per heavy atom. The van der Waals surface area contributed by atoms with E-state index in [9.17, 15) is 0 Å². The number of nitrogens with zero attached hydrogens (tertiary/aromatic N) is 3. The fourth-order valence-corrected chi connectivity index (χ4v) is 1.37. The van der Waals surface area contributed by atoms with Gasteiger partial charge in [-0.1, -0.05) is 12.2 Å². The Morgan fingerprint density at radius 1 is 1.58 bits per heavy atom. The van der Waals surface area contributed by atoms with Crippen LogP contribution in [0, 0.1) is 11.3 Å². The van der Waals surface area contributed by atoms with E-state index in [-0.39, 0.29) is 0 Å². The number of hydrogen-bond donors (Lipinski definition) is 0. The number of nitriles is 1. The number of hydrogen-bond acceptors (Lipinski definition) is 3. The molecule has 0 atom stereocenters. The second-order valence-electron chi connectivity index (χ2n) is 2.52. The second-order valence-corrected chi connectivity index (χ2v) is 2.99. The van der Waals surface area contributed by atoms with Crippen molar-refractivity contribution in [1.82, 2.24) is 4.90 Å². The predicted octanol–water partition coefficient (Wildman–Crippen LogP) is 1.01. The lowest BCUT2D eigenvalue weighted by molar-refractivity contribution is 0.660. The standard InChI is InChI=1S/C8H5N3S/c9-3-6-1-2-7-10-8(12)5-11(7)4-6/h1-2,4H,5H2. The first kappa shape index (κ1) is 7.19. The number of amidine groups is 1. The summed E-state index contributed by atoms with van der Waals surface area (Å²) in [5.74, 6) is 0.832. The molecule has 2 aliphatic rings. The Labute approximate surface area is 75.3 Å². The molecular formula is C8H5N3S. The number of fused-ring (bicyclic) bond motifs is 1. The predicted molar refractivity (Wildman–Crippen MR) is 49.6 cm³/mol. The van der Waals surface area contributed by atoms with Gasteiger partial charge in [-0.2, -0.15) is 5.26 Å². The quantitative estimate of drug-likeness (QED) is 0.516. The summed E-state index contributed by atoms with van der Waals surface area (Å²) in [4.78, 5) is 6.66. The van der Waals surface area contributed by atoms with Crippen LogP contribution in [0.3, 0.4) is 0 Å². The molecule has 58 valence electrons. The van der Waals surface area contributed by atoms with Crippen molar-refractivity contribution in [2.75, 3.05) is 6.54 Å². The van der Waals surface area contributed by atoms with Crippen molar-refractivity contribution in [2.24, 2.45) is 4.99 Å². The molecule has 0 aromatic heterocycles. The minimum absolute atomic E-state index is 0.625. The first-order chi connectivity index (χ1) is 5.79. The third kappa shape index (κ3) is 1.04. The van der Waals surface area contributed by atoms with E-state index in [2.05, 4.69) is 11.1 Å². The Bertz CT molecular complexity index is 370. The molecule has 0 aromatic carbocycles. The van der Waals surface area contributed by atoms with Gasteiger partial charge in [0.15, 0.2) is 0 Å². The molecule has 0 aliphatic carbocycles. The van der Waals surface area contributed by atoms with Crippen molar-refractivity contribution in [3.05, 3.63) is 23.9 Å². The summed E-state index contributed by atoms with van der Waals surface area (Å²) in [6, 6.07) is 2.07. The van der Waals surface area contributed by atoms with Gasteiger partial charge in [0.2, 0.25) is 0 Å². The van der Waals surface area contributed by atoms with Gasteiger partial charge in [-0.3, -0.25) is 0 Å². The lowest BCUT2D eigenvalue weighted by Crippen LogP contribution is -2.23. The van der Waals surface area contributed by atoms with E-state index < -0.39 is 0 Å². The molecule has 0 amide bonds. The summed E-state index contributed by atoms with van der Waals surface area (Å²) < 4.78 is 0. The number of thiocarbonyl (C=S) groups is 1. The molecule has 0 radical (unpaired) electrons. The Hall–Kier alpha value is -1.47. The highest BCUT2D eigenvalue weighted by molar-refractivity contribution is 7.80. The third-order valence-electron chi connectivity index (χ3n) is 1.68. The topological polar surface area (TPSA) is 39.4 Å². The molecule has 2 aliphatic heterocycles. The van der Waals surface area contributed by atoms with Gasteiger partial charge in [0, 0.05) is 6.20 Å². The fraction of sp³-hybridized carbons (Fsp3) is 0.125. The third-order valence-corrected chi connectivity index (χ3v) is 1.90. The average molecular weight is 175 g/mol. The molecule has 0 saturated carbocycles. The zero-order valence-corrected chi connectivity index (χ0v) is 7.01. The molecule has 12 heavy (non-hydrogen) atoms. The van der Waals surface area contributed by atoms with Crippen molar-refractivity contribution in [3.8, 4) is 6.07 Å². The Balaban J connectivity index is 2.35.